The third-order valence-electron chi connectivity index (χ3n) is 5.29. The van der Waals surface area contributed by atoms with E-state index in [1.54, 1.807) is 0 Å². The summed E-state index contributed by atoms with van der Waals surface area (Å²) in [6.45, 7) is 7.00. The van der Waals surface area contributed by atoms with Crippen molar-refractivity contribution in [3.63, 3.8) is 0 Å². The highest BCUT2D eigenvalue weighted by atomic mass is 16.5. The molecule has 1 saturated heterocycles. The van der Waals surface area contributed by atoms with E-state index in [-0.39, 0.29) is 11.2 Å². The van der Waals surface area contributed by atoms with E-state index in [1.807, 2.05) is 0 Å². The number of ether oxygens (including phenoxy) is 1. The van der Waals surface area contributed by atoms with Gasteiger partial charge in [-0.1, -0.05) is 19.1 Å². The Bertz CT molecular complexity index is 317. The lowest BCUT2D eigenvalue weighted by atomic mass is 9.58. The van der Waals surface area contributed by atoms with Gasteiger partial charge >= 0.3 is 0 Å². The highest BCUT2D eigenvalue weighted by Gasteiger charge is 2.61. The van der Waals surface area contributed by atoms with Crippen molar-refractivity contribution in [3.8, 4) is 0 Å². The van der Waals surface area contributed by atoms with E-state index in [0.29, 0.717) is 5.41 Å². The van der Waals surface area contributed by atoms with Crippen molar-refractivity contribution in [1.82, 2.24) is 0 Å². The van der Waals surface area contributed by atoms with Crippen molar-refractivity contribution < 1.29 is 4.74 Å². The van der Waals surface area contributed by atoms with E-state index in [4.69, 9.17) is 4.74 Å². The summed E-state index contributed by atoms with van der Waals surface area (Å²) in [5.74, 6) is 0.772. The lowest BCUT2D eigenvalue weighted by Crippen LogP contribution is -2.48. The largest absolute Gasteiger partial charge is 0.364 e. The van der Waals surface area contributed by atoms with Crippen LogP contribution in [-0.4, -0.2) is 11.2 Å². The summed E-state index contributed by atoms with van der Waals surface area (Å²) in [5.41, 5.74) is 0.586. The van der Waals surface area contributed by atoms with E-state index < -0.39 is 0 Å². The molecule has 1 spiro atoms. The molecule has 0 unspecified atom stereocenters. The molecule has 0 N–H and O–H groups in total. The molecule has 0 aromatic carbocycles. The van der Waals surface area contributed by atoms with Crippen LogP contribution >= 0.6 is 0 Å². The first-order valence-corrected chi connectivity index (χ1v) is 6.35. The maximum Gasteiger partial charge on any atom is 0.0926 e. The molecule has 3 aliphatic rings. The molecule has 0 aromatic heterocycles. The van der Waals surface area contributed by atoms with Crippen molar-refractivity contribution in [2.75, 3.05) is 0 Å². The van der Waals surface area contributed by atoms with Gasteiger partial charge in [-0.2, -0.15) is 0 Å². The van der Waals surface area contributed by atoms with E-state index in [9.17, 15) is 0 Å². The van der Waals surface area contributed by atoms with Crippen LogP contribution in [0.1, 0.15) is 52.9 Å². The van der Waals surface area contributed by atoms with E-state index >= 15 is 0 Å². The highest BCUT2D eigenvalue weighted by Crippen LogP contribution is 2.62. The first-order chi connectivity index (χ1) is 6.98. The molecule has 84 valence electrons. The summed E-state index contributed by atoms with van der Waals surface area (Å²) in [6, 6.07) is 0. The third kappa shape index (κ3) is 1.13. The van der Waals surface area contributed by atoms with Crippen LogP contribution in [0, 0.1) is 11.3 Å². The zero-order valence-corrected chi connectivity index (χ0v) is 10.2. The fourth-order valence-electron chi connectivity index (χ4n) is 4.05. The van der Waals surface area contributed by atoms with Crippen LogP contribution < -0.4 is 0 Å². The van der Waals surface area contributed by atoms with Gasteiger partial charge < -0.3 is 4.74 Å². The first kappa shape index (κ1) is 9.89. The van der Waals surface area contributed by atoms with Gasteiger partial charge in [-0.05, 0) is 51.9 Å². The van der Waals surface area contributed by atoms with Gasteiger partial charge in [-0.25, -0.2) is 0 Å². The maximum atomic E-state index is 6.48. The van der Waals surface area contributed by atoms with E-state index in [2.05, 4.69) is 32.9 Å². The summed E-state index contributed by atoms with van der Waals surface area (Å²) in [7, 11) is 0. The van der Waals surface area contributed by atoms with Gasteiger partial charge in [0, 0.05) is 5.41 Å². The SMILES string of the molecule is CC1(C)O[C@]23C=CCC[C@]2(C)CC[C@@H]1C3. The molecule has 0 amide bonds. The van der Waals surface area contributed by atoms with Crippen molar-refractivity contribution in [2.45, 2.75) is 64.1 Å². The number of hydrogen-bond acceptors (Lipinski definition) is 1. The molecule has 2 aliphatic carbocycles. The Labute approximate surface area is 92.9 Å². The molecular formula is C14H22O. The normalized spacial score (nSPS) is 51.5. The van der Waals surface area contributed by atoms with Crippen LogP contribution in [0.25, 0.3) is 0 Å². The van der Waals surface area contributed by atoms with Gasteiger partial charge in [0.2, 0.25) is 0 Å². The van der Waals surface area contributed by atoms with Gasteiger partial charge in [-0.15, -0.1) is 0 Å². The van der Waals surface area contributed by atoms with Crippen molar-refractivity contribution in [2.24, 2.45) is 11.3 Å². The molecular weight excluding hydrogens is 184 g/mol. The zero-order chi connectivity index (χ0) is 10.7. The topological polar surface area (TPSA) is 9.23 Å². The predicted molar refractivity (Wildman–Crippen MR) is 61.7 cm³/mol. The summed E-state index contributed by atoms with van der Waals surface area (Å²) < 4.78 is 6.48. The van der Waals surface area contributed by atoms with E-state index in [0.717, 1.165) is 5.92 Å². The van der Waals surface area contributed by atoms with Gasteiger partial charge in [0.1, 0.15) is 0 Å². The molecule has 1 heteroatoms. The molecule has 0 aromatic rings. The molecule has 1 nitrogen and oxygen atoms in total. The average molecular weight is 206 g/mol. The van der Waals surface area contributed by atoms with Gasteiger partial charge in [-0.3, -0.25) is 0 Å². The number of allylic oxidation sites excluding steroid dienone is 1. The summed E-state index contributed by atoms with van der Waals surface area (Å²) in [6.07, 6.45) is 11.2. The average Bonchev–Trinajstić information content (AvgIpc) is 2.38. The first-order valence-electron chi connectivity index (χ1n) is 6.35. The Kier molecular flexibility index (Phi) is 1.77. The standard InChI is InChI=1S/C14H22O/c1-12(2)11-6-9-13(3)7-4-5-8-14(13,10-11)15-12/h5,8,11H,4,6-7,9-10H2,1-3H3/t11-,13-,14+/m1/s1. The lowest BCUT2D eigenvalue weighted by Gasteiger charge is -2.49. The minimum absolute atomic E-state index is 0.0810. The molecule has 15 heavy (non-hydrogen) atoms. The zero-order valence-electron chi connectivity index (χ0n) is 10.2. The van der Waals surface area contributed by atoms with Crippen molar-refractivity contribution in [3.05, 3.63) is 12.2 Å². The molecule has 3 atom stereocenters. The summed E-state index contributed by atoms with van der Waals surface area (Å²) in [4.78, 5) is 0. The minimum Gasteiger partial charge on any atom is -0.364 e. The molecule has 2 bridgehead atoms. The Hall–Kier alpha value is -0.300. The van der Waals surface area contributed by atoms with Crippen LogP contribution in [0.2, 0.25) is 0 Å². The second-order valence-corrected chi connectivity index (χ2v) is 6.54. The van der Waals surface area contributed by atoms with Crippen LogP contribution in [0.5, 0.6) is 0 Å². The molecule has 2 fully saturated rings. The second kappa shape index (κ2) is 2.68. The molecule has 1 heterocycles. The number of fused-ring (bicyclic) bond motifs is 1. The Balaban J connectivity index is 2.06. The Morgan fingerprint density at radius 2 is 2.00 bits per heavy atom. The van der Waals surface area contributed by atoms with Crippen LogP contribution in [-0.2, 0) is 4.74 Å². The molecule has 0 radical (unpaired) electrons. The van der Waals surface area contributed by atoms with Gasteiger partial charge in [0.25, 0.3) is 0 Å². The summed E-state index contributed by atoms with van der Waals surface area (Å²) >= 11 is 0. The third-order valence-corrected chi connectivity index (χ3v) is 5.29. The Morgan fingerprint density at radius 3 is 2.80 bits per heavy atom. The quantitative estimate of drug-likeness (QED) is 0.549. The molecule has 1 aliphatic heterocycles. The molecule has 3 rings (SSSR count). The number of rotatable bonds is 0. The fourth-order valence-corrected chi connectivity index (χ4v) is 4.05. The van der Waals surface area contributed by atoms with Gasteiger partial charge in [0.15, 0.2) is 0 Å². The molecule has 1 saturated carbocycles. The monoisotopic (exact) mass is 206 g/mol. The fraction of sp³-hybridized carbons (Fsp3) is 0.857. The van der Waals surface area contributed by atoms with Crippen LogP contribution in [0.3, 0.4) is 0 Å². The van der Waals surface area contributed by atoms with Crippen molar-refractivity contribution >= 4 is 0 Å². The maximum absolute atomic E-state index is 6.48. The highest BCUT2D eigenvalue weighted by molar-refractivity contribution is 5.22. The number of hydrogen-bond donors (Lipinski definition) is 0. The van der Waals surface area contributed by atoms with Crippen molar-refractivity contribution in [1.29, 1.82) is 0 Å². The van der Waals surface area contributed by atoms with Crippen LogP contribution in [0.4, 0.5) is 0 Å². The lowest BCUT2D eigenvalue weighted by molar-refractivity contribution is -0.123. The van der Waals surface area contributed by atoms with E-state index in [1.165, 1.54) is 32.1 Å². The predicted octanol–water partition coefficient (Wildman–Crippen LogP) is 3.69. The smallest absolute Gasteiger partial charge is 0.0926 e. The van der Waals surface area contributed by atoms with Gasteiger partial charge in [0.05, 0.1) is 11.2 Å². The van der Waals surface area contributed by atoms with Crippen LogP contribution in [0.15, 0.2) is 12.2 Å². The Morgan fingerprint density at radius 1 is 1.20 bits per heavy atom. The second-order valence-electron chi connectivity index (χ2n) is 6.54. The summed E-state index contributed by atoms with van der Waals surface area (Å²) in [5, 5.41) is 0. The minimum atomic E-state index is 0.0810.